The number of fused-ring (bicyclic) bond motifs is 1. The Morgan fingerprint density at radius 1 is 1.35 bits per heavy atom. The summed E-state index contributed by atoms with van der Waals surface area (Å²) in [5.74, 6) is -2.44. The molecular weight excluding hydrogens is 552 g/mol. The maximum atomic E-state index is 13.0. The van der Waals surface area contributed by atoms with E-state index in [0.29, 0.717) is 5.57 Å². The summed E-state index contributed by atoms with van der Waals surface area (Å²) in [7, 11) is -4.48. The second-order valence-electron chi connectivity index (χ2n) is 7.79. The number of carboxylic acids is 1. The molecule has 0 bridgehead atoms. The number of hydrogen-bond donors (Lipinski definition) is 6. The molecule has 4 rings (SSSR count). The zero-order valence-corrected chi connectivity index (χ0v) is 21.1. The van der Waals surface area contributed by atoms with E-state index in [2.05, 4.69) is 30.9 Å². The lowest BCUT2D eigenvalue weighted by Crippen LogP contribution is -2.70. The highest BCUT2D eigenvalue weighted by Gasteiger charge is 2.54. The van der Waals surface area contributed by atoms with Crippen LogP contribution >= 0.6 is 23.5 Å². The van der Waals surface area contributed by atoms with Crippen LogP contribution in [0.3, 0.4) is 0 Å². The first-order chi connectivity index (χ1) is 17.5. The lowest BCUT2D eigenvalue weighted by Gasteiger charge is -2.50. The van der Waals surface area contributed by atoms with Crippen molar-refractivity contribution in [3.63, 3.8) is 0 Å². The molecule has 0 radical (unpaired) electrons. The molecule has 37 heavy (non-hydrogen) atoms. The summed E-state index contributed by atoms with van der Waals surface area (Å²) in [6.45, 7) is -0.232. The van der Waals surface area contributed by atoms with Crippen LogP contribution in [0.15, 0.2) is 39.6 Å². The second kappa shape index (κ2) is 11.0. The molecule has 6 N–H and O–H groups in total. The van der Waals surface area contributed by atoms with Crippen molar-refractivity contribution in [2.45, 2.75) is 34.7 Å². The minimum atomic E-state index is -4.48. The van der Waals surface area contributed by atoms with Crippen LogP contribution in [0.1, 0.15) is 12.0 Å². The topological polar surface area (TPSA) is 240 Å². The smallest absolute Gasteiger partial charge is 0.352 e. The number of nitrogens with zero attached hydrogens (tertiary/aromatic N) is 4. The van der Waals surface area contributed by atoms with Crippen molar-refractivity contribution >= 4 is 51.6 Å². The van der Waals surface area contributed by atoms with Crippen molar-refractivity contribution in [1.29, 1.82) is 0 Å². The van der Waals surface area contributed by atoms with E-state index in [1.165, 1.54) is 24.0 Å². The molecule has 2 aliphatic rings. The lowest BCUT2D eigenvalue weighted by atomic mass is 10.00. The maximum absolute atomic E-state index is 13.0. The molecule has 0 aliphatic carbocycles. The van der Waals surface area contributed by atoms with E-state index in [0.717, 1.165) is 16.7 Å². The summed E-state index contributed by atoms with van der Waals surface area (Å²) in [6.07, 6.45) is 1.20. The van der Waals surface area contributed by atoms with E-state index in [9.17, 15) is 32.7 Å². The summed E-state index contributed by atoms with van der Waals surface area (Å²) in [6, 6.07) is 2.07. The highest BCUT2D eigenvalue weighted by Crippen LogP contribution is 2.44. The van der Waals surface area contributed by atoms with Crippen LogP contribution in [0.2, 0.25) is 0 Å². The van der Waals surface area contributed by atoms with Gasteiger partial charge < -0.3 is 15.4 Å². The molecule has 2 aromatic rings. The van der Waals surface area contributed by atoms with Crippen molar-refractivity contribution in [3.05, 3.63) is 45.5 Å². The molecule has 16 nitrogen and oxygen atoms in total. The number of rotatable bonds is 11. The monoisotopic (exact) mass is 572 g/mol. The van der Waals surface area contributed by atoms with Gasteiger partial charge in [0, 0.05) is 29.3 Å². The number of carbonyl (C=O) groups excluding carboxylic acids is 2. The van der Waals surface area contributed by atoms with Crippen LogP contribution < -0.4 is 15.6 Å². The van der Waals surface area contributed by atoms with Crippen molar-refractivity contribution in [3.8, 4) is 0 Å². The summed E-state index contributed by atoms with van der Waals surface area (Å²) in [4.78, 5) is 53.0. The Labute approximate surface area is 216 Å². The molecule has 2 unspecified atom stereocenters. The van der Waals surface area contributed by atoms with E-state index < -0.39 is 50.3 Å². The third kappa shape index (κ3) is 6.18. The minimum absolute atomic E-state index is 0.0319. The van der Waals surface area contributed by atoms with E-state index in [4.69, 9.17) is 4.55 Å². The van der Waals surface area contributed by atoms with Gasteiger partial charge in [0.25, 0.3) is 11.5 Å². The SMILES string of the molecule is O=C(Cc1ccc[nH]c1=O)NC1C(=O)N2C(C(=O)O)=C(C(CCNS(=O)(=O)O)Sc3nn[nH]n3)CS[C@@H]12. The predicted molar refractivity (Wildman–Crippen MR) is 128 cm³/mol. The van der Waals surface area contributed by atoms with Gasteiger partial charge in [0.2, 0.25) is 11.1 Å². The number of nitrogens with one attached hydrogen (secondary N) is 4. The first kappa shape index (κ1) is 26.8. The van der Waals surface area contributed by atoms with Gasteiger partial charge in [-0.2, -0.15) is 18.4 Å². The Kier molecular flexibility index (Phi) is 7.97. The number of H-pyrrole nitrogens is 2. The normalized spacial score (nSPS) is 20.2. The number of carbonyl (C=O) groups is 3. The largest absolute Gasteiger partial charge is 0.477 e. The minimum Gasteiger partial charge on any atom is -0.477 e. The van der Waals surface area contributed by atoms with Gasteiger partial charge in [0.05, 0.1) is 6.42 Å². The average molecular weight is 573 g/mol. The highest BCUT2D eigenvalue weighted by molar-refractivity contribution is 8.01. The molecule has 19 heteroatoms. The molecular formula is C18H20N8O8S3. The van der Waals surface area contributed by atoms with Crippen LogP contribution in [0, 0.1) is 0 Å². The Hall–Kier alpha value is -3.26. The zero-order chi connectivity index (χ0) is 26.7. The molecule has 2 aromatic heterocycles. The number of aliphatic carboxylic acids is 1. The van der Waals surface area contributed by atoms with Crippen LogP contribution in [0.25, 0.3) is 0 Å². The number of hydrogen-bond acceptors (Lipinski definition) is 11. The highest BCUT2D eigenvalue weighted by atomic mass is 32.2. The van der Waals surface area contributed by atoms with Gasteiger partial charge in [-0.25, -0.2) is 4.79 Å². The third-order valence-electron chi connectivity index (χ3n) is 5.42. The number of amides is 2. The molecule has 3 atom stereocenters. The van der Waals surface area contributed by atoms with Crippen molar-refractivity contribution in [2.75, 3.05) is 12.3 Å². The maximum Gasteiger partial charge on any atom is 0.352 e. The standard InChI is InChI=1S/C18H20N8O8S3/c27-11(6-8-2-1-4-19-14(8)28)21-12-15(29)26-13(17(30)31)9(7-35-16(12)26)10(3-5-20-37(32,33)34)36-18-22-24-25-23-18/h1-2,4,10,12,16,20H,3,5-7H2,(H,19,28)(H,21,27)(H,30,31)(H,32,33,34)(H,22,23,24,25)/t10?,12?,16-/m0/s1. The molecule has 2 amide bonds. The van der Waals surface area contributed by atoms with Crippen LogP contribution in [0.4, 0.5) is 0 Å². The number of aromatic nitrogens is 5. The third-order valence-corrected chi connectivity index (χ3v) is 8.48. The summed E-state index contributed by atoms with van der Waals surface area (Å²) < 4.78 is 33.0. The molecule has 1 saturated heterocycles. The Balaban J connectivity index is 1.53. The first-order valence-electron chi connectivity index (χ1n) is 10.5. The molecule has 2 aliphatic heterocycles. The number of tetrazole rings is 1. The number of carboxylic acid groups (broad SMARTS) is 1. The summed E-state index contributed by atoms with van der Waals surface area (Å²) in [5.41, 5.74) is -0.185. The van der Waals surface area contributed by atoms with Crippen LogP contribution in [-0.2, 0) is 31.1 Å². The lowest BCUT2D eigenvalue weighted by molar-refractivity contribution is -0.150. The van der Waals surface area contributed by atoms with Crippen LogP contribution in [-0.4, -0.2) is 95.3 Å². The van der Waals surface area contributed by atoms with Gasteiger partial charge >= 0.3 is 16.3 Å². The first-order valence-corrected chi connectivity index (χ1v) is 13.9. The van der Waals surface area contributed by atoms with Crippen molar-refractivity contribution in [2.24, 2.45) is 0 Å². The Morgan fingerprint density at radius 3 is 2.78 bits per heavy atom. The summed E-state index contributed by atoms with van der Waals surface area (Å²) in [5, 5.41) is 24.7. The van der Waals surface area contributed by atoms with Gasteiger partial charge in [0.1, 0.15) is 17.1 Å². The predicted octanol–water partition coefficient (Wildman–Crippen LogP) is -1.89. The van der Waals surface area contributed by atoms with Gasteiger partial charge in [-0.1, -0.05) is 17.8 Å². The molecule has 0 spiro atoms. The molecule has 0 aromatic carbocycles. The van der Waals surface area contributed by atoms with E-state index in [-0.39, 0.29) is 41.6 Å². The number of thioether (sulfide) groups is 2. The molecule has 198 valence electrons. The molecule has 0 saturated carbocycles. The number of β-lactam (4-membered cyclic amide) rings is 1. The Bertz CT molecular complexity index is 1390. The molecule has 1 fully saturated rings. The second-order valence-corrected chi connectivity index (χ2v) is 11.3. The van der Waals surface area contributed by atoms with Gasteiger partial charge in [0.15, 0.2) is 0 Å². The molecule has 4 heterocycles. The summed E-state index contributed by atoms with van der Waals surface area (Å²) >= 11 is 2.23. The van der Waals surface area contributed by atoms with E-state index in [1.54, 1.807) is 6.07 Å². The van der Waals surface area contributed by atoms with Gasteiger partial charge in [-0.3, -0.25) is 23.8 Å². The fourth-order valence-corrected chi connectivity index (χ4v) is 6.75. The number of pyridine rings is 1. The zero-order valence-electron chi connectivity index (χ0n) is 18.7. The van der Waals surface area contributed by atoms with E-state index in [1.807, 2.05) is 4.72 Å². The van der Waals surface area contributed by atoms with Crippen molar-refractivity contribution in [1.82, 2.24) is 40.5 Å². The Morgan fingerprint density at radius 2 is 2.14 bits per heavy atom. The van der Waals surface area contributed by atoms with Gasteiger partial charge in [-0.15, -0.1) is 22.0 Å². The average Bonchev–Trinajstić information content (AvgIpc) is 3.35. The fourth-order valence-electron chi connectivity index (χ4n) is 3.84. The van der Waals surface area contributed by atoms with E-state index >= 15 is 0 Å². The quantitative estimate of drug-likeness (QED) is 0.0982. The van der Waals surface area contributed by atoms with Gasteiger partial charge in [-0.05, 0) is 23.3 Å². The van der Waals surface area contributed by atoms with Crippen molar-refractivity contribution < 1.29 is 32.5 Å². The number of aromatic amines is 2. The fraction of sp³-hybridized carbons (Fsp3) is 0.389. The van der Waals surface area contributed by atoms with Crippen LogP contribution in [0.5, 0.6) is 0 Å².